The van der Waals surface area contributed by atoms with Crippen molar-refractivity contribution in [3.8, 4) is 0 Å². The predicted octanol–water partition coefficient (Wildman–Crippen LogP) is 1.99. The highest BCUT2D eigenvalue weighted by Crippen LogP contribution is 2.19. The Hall–Kier alpha value is -1.51. The number of anilines is 1. The zero-order valence-corrected chi connectivity index (χ0v) is 9.46. The second-order valence-corrected chi connectivity index (χ2v) is 3.72. The molecule has 1 aromatic carbocycles. The molecule has 0 amide bonds. The van der Waals surface area contributed by atoms with E-state index in [9.17, 15) is 4.79 Å². The molecule has 82 valence electrons. The maximum absolute atomic E-state index is 11.0. The molecule has 15 heavy (non-hydrogen) atoms. The predicted molar refractivity (Wildman–Crippen MR) is 60.7 cm³/mol. The fourth-order valence-electron chi connectivity index (χ4n) is 1.56. The van der Waals surface area contributed by atoms with E-state index in [1.165, 1.54) is 7.11 Å². The maximum atomic E-state index is 11.0. The molecule has 0 aliphatic heterocycles. The van der Waals surface area contributed by atoms with Crippen LogP contribution in [0.2, 0.25) is 0 Å². The monoisotopic (exact) mass is 207 g/mol. The van der Waals surface area contributed by atoms with Crippen LogP contribution in [0.1, 0.15) is 23.1 Å². The number of methoxy groups -OCH3 is 1. The Morgan fingerprint density at radius 3 is 2.33 bits per heavy atom. The number of carbonyl (C=O) groups is 1. The fraction of sp³-hybridized carbons (Fsp3) is 0.417. The lowest BCUT2D eigenvalue weighted by molar-refractivity contribution is -0.140. The van der Waals surface area contributed by atoms with Crippen molar-refractivity contribution in [3.63, 3.8) is 0 Å². The van der Waals surface area contributed by atoms with Gasteiger partial charge < -0.3 is 10.5 Å². The van der Waals surface area contributed by atoms with Gasteiger partial charge in [0.1, 0.15) is 0 Å². The number of hydrogen-bond acceptors (Lipinski definition) is 3. The van der Waals surface area contributed by atoms with Gasteiger partial charge in [-0.15, -0.1) is 0 Å². The van der Waals surface area contributed by atoms with Gasteiger partial charge in [0.25, 0.3) is 0 Å². The lowest BCUT2D eigenvalue weighted by Crippen LogP contribution is -2.03. The van der Waals surface area contributed by atoms with E-state index in [1.54, 1.807) is 0 Å². The molecule has 3 heteroatoms. The number of nitrogens with two attached hydrogens (primary N) is 1. The van der Waals surface area contributed by atoms with E-state index in [-0.39, 0.29) is 5.97 Å². The number of carbonyl (C=O) groups excluding carboxylic acids is 1. The number of ether oxygens (including phenoxy) is 1. The highest BCUT2D eigenvalue weighted by molar-refractivity contribution is 5.69. The second-order valence-electron chi connectivity index (χ2n) is 3.72. The summed E-state index contributed by atoms with van der Waals surface area (Å²) in [6.07, 6.45) is 1.12. The lowest BCUT2D eigenvalue weighted by Gasteiger charge is -2.08. The molecule has 0 radical (unpaired) electrons. The van der Waals surface area contributed by atoms with E-state index in [0.717, 1.165) is 22.4 Å². The molecular weight excluding hydrogens is 190 g/mol. The summed E-state index contributed by atoms with van der Waals surface area (Å²) in [6.45, 7) is 3.95. The highest BCUT2D eigenvalue weighted by Gasteiger charge is 2.04. The molecule has 0 spiro atoms. The fourth-order valence-corrected chi connectivity index (χ4v) is 1.56. The third-order valence-corrected chi connectivity index (χ3v) is 2.50. The zero-order chi connectivity index (χ0) is 11.4. The number of hydrogen-bond donors (Lipinski definition) is 1. The molecule has 0 aliphatic rings. The quantitative estimate of drug-likeness (QED) is 0.609. The molecule has 0 atom stereocenters. The first-order chi connectivity index (χ1) is 7.04. The Kier molecular flexibility index (Phi) is 3.72. The van der Waals surface area contributed by atoms with Gasteiger partial charge in [0, 0.05) is 12.1 Å². The van der Waals surface area contributed by atoms with E-state index in [0.29, 0.717) is 12.8 Å². The van der Waals surface area contributed by atoms with Gasteiger partial charge >= 0.3 is 5.97 Å². The summed E-state index contributed by atoms with van der Waals surface area (Å²) in [4.78, 5) is 11.0. The number of rotatable bonds is 3. The van der Waals surface area contributed by atoms with Crippen LogP contribution in [0.5, 0.6) is 0 Å². The Balaban J connectivity index is 2.75. The molecule has 0 unspecified atom stereocenters. The van der Waals surface area contributed by atoms with Crippen molar-refractivity contribution in [1.29, 1.82) is 0 Å². The average molecular weight is 207 g/mol. The minimum absolute atomic E-state index is 0.179. The smallest absolute Gasteiger partial charge is 0.305 e. The lowest BCUT2D eigenvalue weighted by atomic mass is 10.0. The summed E-state index contributed by atoms with van der Waals surface area (Å²) in [5.74, 6) is -0.179. The first-order valence-electron chi connectivity index (χ1n) is 4.97. The first-order valence-corrected chi connectivity index (χ1v) is 4.97. The number of esters is 1. The largest absolute Gasteiger partial charge is 0.469 e. The van der Waals surface area contributed by atoms with Gasteiger partial charge in [-0.25, -0.2) is 0 Å². The minimum Gasteiger partial charge on any atom is -0.469 e. The SMILES string of the molecule is COC(=O)CCc1cc(C)c(N)c(C)c1. The van der Waals surface area contributed by atoms with E-state index >= 15 is 0 Å². The van der Waals surface area contributed by atoms with E-state index in [4.69, 9.17) is 5.73 Å². The minimum atomic E-state index is -0.179. The van der Waals surface area contributed by atoms with E-state index in [2.05, 4.69) is 4.74 Å². The van der Waals surface area contributed by atoms with Crippen molar-refractivity contribution in [1.82, 2.24) is 0 Å². The molecule has 3 nitrogen and oxygen atoms in total. The van der Waals surface area contributed by atoms with Crippen LogP contribution in [0.4, 0.5) is 5.69 Å². The Morgan fingerprint density at radius 2 is 1.87 bits per heavy atom. The van der Waals surface area contributed by atoms with Crippen LogP contribution in [0.3, 0.4) is 0 Å². The molecule has 1 aromatic rings. The Morgan fingerprint density at radius 1 is 1.33 bits per heavy atom. The molecule has 0 saturated heterocycles. The third-order valence-electron chi connectivity index (χ3n) is 2.50. The molecule has 0 aromatic heterocycles. The van der Waals surface area contributed by atoms with Crippen LogP contribution in [0, 0.1) is 13.8 Å². The highest BCUT2D eigenvalue weighted by atomic mass is 16.5. The van der Waals surface area contributed by atoms with Crippen LogP contribution in [0.25, 0.3) is 0 Å². The molecule has 0 heterocycles. The third kappa shape index (κ3) is 2.98. The van der Waals surface area contributed by atoms with Crippen molar-refractivity contribution in [2.45, 2.75) is 26.7 Å². The summed E-state index contributed by atoms with van der Waals surface area (Å²) in [5.41, 5.74) is 9.93. The van der Waals surface area contributed by atoms with Crippen molar-refractivity contribution in [2.24, 2.45) is 0 Å². The topological polar surface area (TPSA) is 52.3 Å². The van der Waals surface area contributed by atoms with Gasteiger partial charge in [-0.2, -0.15) is 0 Å². The van der Waals surface area contributed by atoms with Crippen molar-refractivity contribution in [3.05, 3.63) is 28.8 Å². The van der Waals surface area contributed by atoms with Crippen LogP contribution >= 0.6 is 0 Å². The van der Waals surface area contributed by atoms with Gasteiger partial charge in [0.2, 0.25) is 0 Å². The van der Waals surface area contributed by atoms with E-state index < -0.39 is 0 Å². The number of benzene rings is 1. The van der Waals surface area contributed by atoms with Gasteiger partial charge in [-0.05, 0) is 37.0 Å². The molecule has 0 aliphatic carbocycles. The molecule has 1 rings (SSSR count). The van der Waals surface area contributed by atoms with Gasteiger partial charge in [-0.1, -0.05) is 12.1 Å². The summed E-state index contributed by atoms with van der Waals surface area (Å²) in [6, 6.07) is 4.04. The van der Waals surface area contributed by atoms with Crippen molar-refractivity contribution < 1.29 is 9.53 Å². The molecule has 2 N–H and O–H groups in total. The standard InChI is InChI=1S/C12H17NO2/c1-8-6-10(4-5-11(14)15-3)7-9(2)12(8)13/h6-7H,4-5,13H2,1-3H3. The van der Waals surface area contributed by atoms with Crippen molar-refractivity contribution >= 4 is 11.7 Å². The van der Waals surface area contributed by atoms with Gasteiger partial charge in [0.15, 0.2) is 0 Å². The molecule has 0 saturated carbocycles. The van der Waals surface area contributed by atoms with E-state index in [1.807, 2.05) is 26.0 Å². The summed E-state index contributed by atoms with van der Waals surface area (Å²) in [7, 11) is 1.40. The molecular formula is C12H17NO2. The molecule has 0 bridgehead atoms. The summed E-state index contributed by atoms with van der Waals surface area (Å²) >= 11 is 0. The van der Waals surface area contributed by atoms with Crippen LogP contribution < -0.4 is 5.73 Å². The summed E-state index contributed by atoms with van der Waals surface area (Å²) in [5, 5.41) is 0. The van der Waals surface area contributed by atoms with Crippen molar-refractivity contribution in [2.75, 3.05) is 12.8 Å². The summed E-state index contributed by atoms with van der Waals surface area (Å²) < 4.78 is 4.59. The number of nitrogen functional groups attached to an aromatic ring is 1. The Bertz CT molecular complexity index is 349. The average Bonchev–Trinajstić information content (AvgIpc) is 2.22. The molecule has 0 fully saturated rings. The van der Waals surface area contributed by atoms with Crippen LogP contribution in [-0.4, -0.2) is 13.1 Å². The maximum Gasteiger partial charge on any atom is 0.305 e. The zero-order valence-electron chi connectivity index (χ0n) is 9.46. The first kappa shape index (κ1) is 11.6. The normalized spacial score (nSPS) is 10.1. The number of aryl methyl sites for hydroxylation is 3. The van der Waals surface area contributed by atoms with Gasteiger partial charge in [0.05, 0.1) is 7.11 Å². The van der Waals surface area contributed by atoms with Crippen LogP contribution in [0.15, 0.2) is 12.1 Å². The second kappa shape index (κ2) is 4.82. The van der Waals surface area contributed by atoms with Gasteiger partial charge in [-0.3, -0.25) is 4.79 Å². The van der Waals surface area contributed by atoms with Crippen LogP contribution in [-0.2, 0) is 16.0 Å². The Labute approximate surface area is 90.2 Å².